The molecule has 1 N–H and O–H groups in total. The predicted octanol–water partition coefficient (Wildman–Crippen LogP) is 1.86. The van der Waals surface area contributed by atoms with Gasteiger partial charge in [0.1, 0.15) is 0 Å². The van der Waals surface area contributed by atoms with Gasteiger partial charge in [-0.25, -0.2) is 0 Å². The van der Waals surface area contributed by atoms with E-state index in [0.717, 1.165) is 12.0 Å². The van der Waals surface area contributed by atoms with Crippen molar-refractivity contribution in [2.45, 2.75) is 45.1 Å². The van der Waals surface area contributed by atoms with Crippen molar-refractivity contribution in [1.29, 1.82) is 0 Å². The molecule has 2 rings (SSSR count). The van der Waals surface area contributed by atoms with E-state index in [9.17, 15) is 0 Å². The first-order valence-corrected chi connectivity index (χ1v) is 6.36. The summed E-state index contributed by atoms with van der Waals surface area (Å²) in [4.78, 5) is 2.59. The van der Waals surface area contributed by atoms with Crippen molar-refractivity contribution >= 4 is 0 Å². The first kappa shape index (κ1) is 10.4. The van der Waals surface area contributed by atoms with E-state index in [1.807, 2.05) is 0 Å². The van der Waals surface area contributed by atoms with Crippen molar-refractivity contribution in [3.63, 3.8) is 0 Å². The van der Waals surface area contributed by atoms with Crippen LogP contribution in [0.15, 0.2) is 0 Å². The fourth-order valence-electron chi connectivity index (χ4n) is 2.60. The van der Waals surface area contributed by atoms with Gasteiger partial charge in [0.15, 0.2) is 0 Å². The minimum absolute atomic E-state index is 0.873. The SMILES string of the molecule is CCCC1CC1NCCN1CCCC1. The second-order valence-corrected chi connectivity index (χ2v) is 4.89. The zero-order chi connectivity index (χ0) is 9.80. The van der Waals surface area contributed by atoms with Crippen molar-refractivity contribution in [2.24, 2.45) is 5.92 Å². The van der Waals surface area contributed by atoms with E-state index in [-0.39, 0.29) is 0 Å². The van der Waals surface area contributed by atoms with Gasteiger partial charge in [-0.1, -0.05) is 13.3 Å². The van der Waals surface area contributed by atoms with Gasteiger partial charge >= 0.3 is 0 Å². The lowest BCUT2D eigenvalue weighted by Gasteiger charge is -2.14. The van der Waals surface area contributed by atoms with Gasteiger partial charge < -0.3 is 10.2 Å². The number of hydrogen-bond acceptors (Lipinski definition) is 2. The average Bonchev–Trinajstić information content (AvgIpc) is 2.73. The molecule has 2 atom stereocenters. The van der Waals surface area contributed by atoms with E-state index in [1.54, 1.807) is 0 Å². The van der Waals surface area contributed by atoms with Crippen LogP contribution >= 0.6 is 0 Å². The Morgan fingerprint density at radius 2 is 2.07 bits per heavy atom. The molecule has 1 aliphatic heterocycles. The van der Waals surface area contributed by atoms with Crippen LogP contribution in [0.3, 0.4) is 0 Å². The van der Waals surface area contributed by atoms with E-state index >= 15 is 0 Å². The van der Waals surface area contributed by atoms with Gasteiger partial charge in [0, 0.05) is 19.1 Å². The molecular formula is C12H24N2. The fourth-order valence-corrected chi connectivity index (χ4v) is 2.60. The Labute approximate surface area is 88.1 Å². The van der Waals surface area contributed by atoms with Crippen molar-refractivity contribution in [2.75, 3.05) is 26.2 Å². The van der Waals surface area contributed by atoms with E-state index in [1.165, 1.54) is 58.3 Å². The summed E-state index contributed by atoms with van der Waals surface area (Å²) in [5.41, 5.74) is 0. The van der Waals surface area contributed by atoms with Crippen LogP contribution in [0.5, 0.6) is 0 Å². The second kappa shape index (κ2) is 5.13. The number of hydrogen-bond donors (Lipinski definition) is 1. The molecule has 2 fully saturated rings. The molecule has 1 saturated heterocycles. The molecule has 0 bridgehead atoms. The summed E-state index contributed by atoms with van der Waals surface area (Å²) >= 11 is 0. The molecule has 1 heterocycles. The highest BCUT2D eigenvalue weighted by Crippen LogP contribution is 2.34. The van der Waals surface area contributed by atoms with Gasteiger partial charge in [0.25, 0.3) is 0 Å². The Bertz CT molecular complexity index is 164. The summed E-state index contributed by atoms with van der Waals surface area (Å²) in [7, 11) is 0. The molecule has 0 spiro atoms. The highest BCUT2D eigenvalue weighted by atomic mass is 15.2. The van der Waals surface area contributed by atoms with E-state index < -0.39 is 0 Å². The van der Waals surface area contributed by atoms with Gasteiger partial charge in [-0.15, -0.1) is 0 Å². The summed E-state index contributed by atoms with van der Waals surface area (Å²) in [5.74, 6) is 1.01. The topological polar surface area (TPSA) is 15.3 Å². The molecule has 2 unspecified atom stereocenters. The van der Waals surface area contributed by atoms with Crippen LogP contribution in [0, 0.1) is 5.92 Å². The van der Waals surface area contributed by atoms with Crippen LogP contribution < -0.4 is 5.32 Å². The molecule has 0 aromatic rings. The molecule has 0 radical (unpaired) electrons. The normalized spacial score (nSPS) is 32.4. The van der Waals surface area contributed by atoms with Crippen molar-refractivity contribution < 1.29 is 0 Å². The number of nitrogens with one attached hydrogen (secondary N) is 1. The lowest BCUT2D eigenvalue weighted by molar-refractivity contribution is 0.334. The molecular weight excluding hydrogens is 172 g/mol. The zero-order valence-electron chi connectivity index (χ0n) is 9.47. The maximum absolute atomic E-state index is 3.68. The summed E-state index contributed by atoms with van der Waals surface area (Å²) in [6.45, 7) is 7.45. The first-order chi connectivity index (χ1) is 6.90. The monoisotopic (exact) mass is 196 g/mol. The third-order valence-electron chi connectivity index (χ3n) is 3.62. The Morgan fingerprint density at radius 1 is 1.29 bits per heavy atom. The van der Waals surface area contributed by atoms with Crippen LogP contribution in [0.25, 0.3) is 0 Å². The molecule has 0 aromatic heterocycles. The molecule has 82 valence electrons. The van der Waals surface area contributed by atoms with Gasteiger partial charge in [0.2, 0.25) is 0 Å². The van der Waals surface area contributed by atoms with Crippen molar-refractivity contribution in [3.05, 3.63) is 0 Å². The highest BCUT2D eigenvalue weighted by molar-refractivity contribution is 4.92. The first-order valence-electron chi connectivity index (χ1n) is 6.36. The van der Waals surface area contributed by atoms with E-state index in [2.05, 4.69) is 17.1 Å². The van der Waals surface area contributed by atoms with Gasteiger partial charge in [-0.3, -0.25) is 0 Å². The van der Waals surface area contributed by atoms with Gasteiger partial charge in [-0.2, -0.15) is 0 Å². The molecule has 14 heavy (non-hydrogen) atoms. The Morgan fingerprint density at radius 3 is 2.79 bits per heavy atom. The van der Waals surface area contributed by atoms with Gasteiger partial charge in [0.05, 0.1) is 0 Å². The van der Waals surface area contributed by atoms with Crippen molar-refractivity contribution in [3.8, 4) is 0 Å². The smallest absolute Gasteiger partial charge is 0.0107 e. The quantitative estimate of drug-likeness (QED) is 0.697. The minimum atomic E-state index is 0.873. The summed E-state index contributed by atoms with van der Waals surface area (Å²) in [6.07, 6.45) is 7.06. The maximum atomic E-state index is 3.68. The van der Waals surface area contributed by atoms with Crippen LogP contribution in [-0.2, 0) is 0 Å². The Hall–Kier alpha value is -0.0800. The number of rotatable bonds is 6. The van der Waals surface area contributed by atoms with Crippen LogP contribution in [0.2, 0.25) is 0 Å². The summed E-state index contributed by atoms with van der Waals surface area (Å²) < 4.78 is 0. The minimum Gasteiger partial charge on any atom is -0.312 e. The third kappa shape index (κ3) is 2.96. The molecule has 0 amide bonds. The Balaban J connectivity index is 1.48. The average molecular weight is 196 g/mol. The van der Waals surface area contributed by atoms with Crippen LogP contribution in [0.4, 0.5) is 0 Å². The summed E-state index contributed by atoms with van der Waals surface area (Å²) in [6, 6.07) is 0.873. The molecule has 1 aliphatic carbocycles. The molecule has 2 nitrogen and oxygen atoms in total. The molecule has 2 heteroatoms. The molecule has 1 saturated carbocycles. The lowest BCUT2D eigenvalue weighted by atomic mass is 10.2. The van der Waals surface area contributed by atoms with Crippen LogP contribution in [0.1, 0.15) is 39.0 Å². The third-order valence-corrected chi connectivity index (χ3v) is 3.62. The van der Waals surface area contributed by atoms with Crippen molar-refractivity contribution in [1.82, 2.24) is 10.2 Å². The largest absolute Gasteiger partial charge is 0.312 e. The van der Waals surface area contributed by atoms with Crippen LogP contribution in [-0.4, -0.2) is 37.1 Å². The van der Waals surface area contributed by atoms with Gasteiger partial charge in [-0.05, 0) is 44.7 Å². The van der Waals surface area contributed by atoms with E-state index in [0.29, 0.717) is 0 Å². The zero-order valence-corrected chi connectivity index (χ0v) is 9.47. The fraction of sp³-hybridized carbons (Fsp3) is 1.00. The highest BCUT2D eigenvalue weighted by Gasteiger charge is 2.35. The predicted molar refractivity (Wildman–Crippen MR) is 60.5 cm³/mol. The second-order valence-electron chi connectivity index (χ2n) is 4.89. The maximum Gasteiger partial charge on any atom is 0.0107 e. The van der Waals surface area contributed by atoms with E-state index in [4.69, 9.17) is 0 Å². The Kier molecular flexibility index (Phi) is 3.82. The standard InChI is InChI=1S/C12H24N2/c1-2-5-11-10-12(11)13-6-9-14-7-3-4-8-14/h11-13H,2-10H2,1H3. The molecule has 0 aromatic carbocycles. The lowest BCUT2D eigenvalue weighted by Crippen LogP contribution is -2.31. The number of likely N-dealkylation sites (tertiary alicyclic amines) is 1. The number of nitrogens with zero attached hydrogens (tertiary/aromatic N) is 1. The summed E-state index contributed by atoms with van der Waals surface area (Å²) in [5, 5.41) is 3.68. The molecule has 2 aliphatic rings.